The van der Waals surface area contributed by atoms with Crippen molar-refractivity contribution in [3.8, 4) is 0 Å². The van der Waals surface area contributed by atoms with Gasteiger partial charge >= 0.3 is 0 Å². The van der Waals surface area contributed by atoms with Crippen LogP contribution in [-0.2, 0) is 14.3 Å². The summed E-state index contributed by atoms with van der Waals surface area (Å²) in [5.41, 5.74) is 0.889. The number of benzene rings is 1. The zero-order valence-electron chi connectivity index (χ0n) is 17.3. The van der Waals surface area contributed by atoms with Crippen LogP contribution in [0, 0.1) is 5.82 Å². The molecule has 2 unspecified atom stereocenters. The first-order valence-electron chi connectivity index (χ1n) is 10.3. The third kappa shape index (κ3) is 5.67. The van der Waals surface area contributed by atoms with Gasteiger partial charge in [-0.3, -0.25) is 9.79 Å². The lowest BCUT2D eigenvalue weighted by Crippen LogP contribution is -2.55. The lowest BCUT2D eigenvalue weighted by atomic mass is 10.1. The molecule has 2 saturated heterocycles. The van der Waals surface area contributed by atoms with Crippen molar-refractivity contribution in [2.24, 2.45) is 4.99 Å². The lowest BCUT2D eigenvalue weighted by Gasteiger charge is -2.37. The second-order valence-electron chi connectivity index (χ2n) is 7.28. The molecule has 8 heteroatoms. The minimum Gasteiger partial charge on any atom is -0.375 e. The summed E-state index contributed by atoms with van der Waals surface area (Å²) in [6.07, 6.45) is 1.28. The number of nitrogens with zero attached hydrogens (tertiary/aromatic N) is 3. The number of ether oxygens (including phenoxy) is 2. The van der Waals surface area contributed by atoms with E-state index in [1.54, 1.807) is 19.2 Å². The molecule has 3 rings (SSSR count). The Labute approximate surface area is 171 Å². The van der Waals surface area contributed by atoms with Crippen LogP contribution in [0.3, 0.4) is 0 Å². The fourth-order valence-corrected chi connectivity index (χ4v) is 3.70. The van der Waals surface area contributed by atoms with Gasteiger partial charge in [0, 0.05) is 46.4 Å². The molecule has 1 aromatic rings. The average molecular weight is 407 g/mol. The van der Waals surface area contributed by atoms with Crippen LogP contribution in [-0.4, -0.2) is 80.8 Å². The number of amides is 1. The van der Waals surface area contributed by atoms with Gasteiger partial charge < -0.3 is 24.6 Å². The number of methoxy groups -OCH3 is 1. The van der Waals surface area contributed by atoms with Gasteiger partial charge in [0.05, 0.1) is 6.54 Å². The molecule has 1 N–H and O–H groups in total. The van der Waals surface area contributed by atoms with Crippen molar-refractivity contribution >= 4 is 11.9 Å². The van der Waals surface area contributed by atoms with E-state index < -0.39 is 0 Å². The van der Waals surface area contributed by atoms with E-state index in [4.69, 9.17) is 14.5 Å². The molecular formula is C21H31FN4O3. The normalized spacial score (nSPS) is 21.3. The summed E-state index contributed by atoms with van der Waals surface area (Å²) in [6.45, 7) is 6.66. The topological polar surface area (TPSA) is 66.4 Å². The van der Waals surface area contributed by atoms with E-state index in [0.717, 1.165) is 44.0 Å². The van der Waals surface area contributed by atoms with E-state index in [1.807, 2.05) is 11.8 Å². The van der Waals surface area contributed by atoms with Crippen molar-refractivity contribution in [2.45, 2.75) is 32.0 Å². The van der Waals surface area contributed by atoms with Crippen molar-refractivity contribution < 1.29 is 18.7 Å². The molecule has 0 aromatic heterocycles. The van der Waals surface area contributed by atoms with Crippen LogP contribution in [0.25, 0.3) is 0 Å². The molecule has 7 nitrogen and oxygen atoms in total. The van der Waals surface area contributed by atoms with E-state index in [2.05, 4.69) is 10.2 Å². The predicted octanol–water partition coefficient (Wildman–Crippen LogP) is 1.80. The second kappa shape index (κ2) is 10.5. The summed E-state index contributed by atoms with van der Waals surface area (Å²) >= 11 is 0. The smallest absolute Gasteiger partial charge is 0.251 e. The monoisotopic (exact) mass is 406 g/mol. The third-order valence-electron chi connectivity index (χ3n) is 5.36. The summed E-state index contributed by atoms with van der Waals surface area (Å²) in [5.74, 6) is 0.650. The number of aliphatic imine (C=N–C) groups is 1. The Morgan fingerprint density at radius 2 is 1.97 bits per heavy atom. The van der Waals surface area contributed by atoms with Crippen LogP contribution in [0.4, 0.5) is 4.39 Å². The Balaban J connectivity index is 1.58. The molecular weight excluding hydrogens is 375 g/mol. The Morgan fingerprint density at radius 1 is 1.28 bits per heavy atom. The van der Waals surface area contributed by atoms with Crippen molar-refractivity contribution in [3.63, 3.8) is 0 Å². The molecule has 2 atom stereocenters. The molecule has 0 aliphatic carbocycles. The van der Waals surface area contributed by atoms with Crippen molar-refractivity contribution in [3.05, 3.63) is 35.6 Å². The zero-order chi connectivity index (χ0) is 20.6. The SMILES string of the molecule is CCNC(=NCC(OC)c1ccc(F)cc1)N1CCN(C(=O)C2CCCO2)CC1. The van der Waals surface area contributed by atoms with Crippen LogP contribution in [0.2, 0.25) is 0 Å². The number of piperazine rings is 1. The molecule has 2 aliphatic heterocycles. The van der Waals surface area contributed by atoms with E-state index in [0.29, 0.717) is 26.2 Å². The summed E-state index contributed by atoms with van der Waals surface area (Å²) in [5, 5.41) is 3.32. The van der Waals surface area contributed by atoms with Gasteiger partial charge in [0.2, 0.25) is 0 Å². The highest BCUT2D eigenvalue weighted by Gasteiger charge is 2.31. The third-order valence-corrected chi connectivity index (χ3v) is 5.36. The van der Waals surface area contributed by atoms with E-state index in [1.165, 1.54) is 12.1 Å². The van der Waals surface area contributed by atoms with Gasteiger partial charge in [0.15, 0.2) is 5.96 Å². The molecule has 2 heterocycles. The second-order valence-corrected chi connectivity index (χ2v) is 7.28. The zero-order valence-corrected chi connectivity index (χ0v) is 17.3. The fraction of sp³-hybridized carbons (Fsp3) is 0.619. The predicted molar refractivity (Wildman–Crippen MR) is 109 cm³/mol. The minimum atomic E-state index is -0.268. The molecule has 0 saturated carbocycles. The number of halogens is 1. The minimum absolute atomic E-state index is 0.111. The average Bonchev–Trinajstić information content (AvgIpc) is 3.29. The van der Waals surface area contributed by atoms with Gasteiger partial charge in [-0.1, -0.05) is 12.1 Å². The van der Waals surface area contributed by atoms with Gasteiger partial charge in [-0.15, -0.1) is 0 Å². The van der Waals surface area contributed by atoms with Crippen molar-refractivity contribution in [2.75, 3.05) is 53.0 Å². The number of carbonyl (C=O) groups excluding carboxylic acids is 1. The van der Waals surface area contributed by atoms with Gasteiger partial charge in [0.1, 0.15) is 18.0 Å². The molecule has 2 aliphatic rings. The highest BCUT2D eigenvalue weighted by Crippen LogP contribution is 2.18. The number of rotatable bonds is 6. The van der Waals surface area contributed by atoms with Crippen LogP contribution in [0.15, 0.2) is 29.3 Å². The maximum atomic E-state index is 13.2. The number of carbonyl (C=O) groups is 1. The highest BCUT2D eigenvalue weighted by atomic mass is 19.1. The first-order valence-corrected chi connectivity index (χ1v) is 10.3. The summed E-state index contributed by atoms with van der Waals surface area (Å²) in [7, 11) is 1.63. The molecule has 1 amide bonds. The fourth-order valence-electron chi connectivity index (χ4n) is 3.70. The van der Waals surface area contributed by atoms with Crippen LogP contribution >= 0.6 is 0 Å². The molecule has 0 bridgehead atoms. The molecule has 0 spiro atoms. The summed E-state index contributed by atoms with van der Waals surface area (Å²) in [4.78, 5) is 21.3. The molecule has 1 aromatic carbocycles. The maximum absolute atomic E-state index is 13.2. The standard InChI is InChI=1S/C21H31FN4O3/c1-3-23-21(24-15-19(28-2)16-6-8-17(22)9-7-16)26-12-10-25(11-13-26)20(27)18-5-4-14-29-18/h6-9,18-19H,3-5,10-15H2,1-2H3,(H,23,24). The number of hydrogen-bond acceptors (Lipinski definition) is 4. The van der Waals surface area contributed by atoms with Gasteiger partial charge in [-0.05, 0) is 37.5 Å². The van der Waals surface area contributed by atoms with Crippen LogP contribution in [0.1, 0.15) is 31.4 Å². The highest BCUT2D eigenvalue weighted by molar-refractivity contribution is 5.82. The number of hydrogen-bond donors (Lipinski definition) is 1. The van der Waals surface area contributed by atoms with Gasteiger partial charge in [-0.25, -0.2) is 4.39 Å². The van der Waals surface area contributed by atoms with Gasteiger partial charge in [-0.2, -0.15) is 0 Å². The number of guanidine groups is 1. The number of nitrogens with one attached hydrogen (secondary N) is 1. The Hall–Kier alpha value is -2.19. The quantitative estimate of drug-likeness (QED) is 0.577. The lowest BCUT2D eigenvalue weighted by molar-refractivity contribution is -0.142. The van der Waals surface area contributed by atoms with Crippen LogP contribution < -0.4 is 5.32 Å². The van der Waals surface area contributed by atoms with Crippen molar-refractivity contribution in [1.29, 1.82) is 0 Å². The van der Waals surface area contributed by atoms with Crippen molar-refractivity contribution in [1.82, 2.24) is 15.1 Å². The first-order chi connectivity index (χ1) is 14.1. The van der Waals surface area contributed by atoms with Crippen LogP contribution in [0.5, 0.6) is 0 Å². The van der Waals surface area contributed by atoms with E-state index in [9.17, 15) is 9.18 Å². The summed E-state index contributed by atoms with van der Waals surface area (Å²) in [6, 6.07) is 6.31. The maximum Gasteiger partial charge on any atom is 0.251 e. The molecule has 0 radical (unpaired) electrons. The Bertz CT molecular complexity index is 684. The van der Waals surface area contributed by atoms with Gasteiger partial charge in [0.25, 0.3) is 5.91 Å². The molecule has 29 heavy (non-hydrogen) atoms. The van der Waals surface area contributed by atoms with E-state index in [-0.39, 0.29) is 23.9 Å². The molecule has 2 fully saturated rings. The first kappa shape index (κ1) is 21.5. The molecule has 160 valence electrons. The Morgan fingerprint density at radius 3 is 2.55 bits per heavy atom. The summed E-state index contributed by atoms with van der Waals surface area (Å²) < 4.78 is 24.3. The largest absolute Gasteiger partial charge is 0.375 e. The Kier molecular flexibility index (Phi) is 7.83. The van der Waals surface area contributed by atoms with E-state index >= 15 is 0 Å².